The SMILES string of the molecule is CC(=O)Oc1cc([N+](=O)[O-])c[nH]1. The molecule has 0 unspecified atom stereocenters. The molecule has 6 nitrogen and oxygen atoms in total. The third-order valence-electron chi connectivity index (χ3n) is 1.11. The van der Waals surface area contributed by atoms with Gasteiger partial charge in [0.25, 0.3) is 5.69 Å². The summed E-state index contributed by atoms with van der Waals surface area (Å²) in [5.41, 5.74) is -0.133. The number of esters is 1. The van der Waals surface area contributed by atoms with Crippen molar-refractivity contribution in [3.63, 3.8) is 0 Å². The van der Waals surface area contributed by atoms with E-state index in [0.717, 1.165) is 12.3 Å². The molecule has 64 valence electrons. The van der Waals surface area contributed by atoms with Crippen LogP contribution in [0.2, 0.25) is 0 Å². The summed E-state index contributed by atoms with van der Waals surface area (Å²) in [5.74, 6) is -0.444. The van der Waals surface area contributed by atoms with E-state index in [1.54, 1.807) is 0 Å². The Morgan fingerprint density at radius 2 is 2.42 bits per heavy atom. The standard InChI is InChI=1S/C6H6N2O4/c1-4(9)12-6-2-5(3-7-6)8(10)11/h2-3,7H,1H3. The molecular formula is C6H6N2O4. The van der Waals surface area contributed by atoms with Crippen molar-refractivity contribution >= 4 is 11.7 Å². The number of ether oxygens (including phenoxy) is 1. The normalized spacial score (nSPS) is 9.42. The van der Waals surface area contributed by atoms with Gasteiger partial charge in [0.15, 0.2) is 0 Å². The first-order chi connectivity index (χ1) is 5.59. The van der Waals surface area contributed by atoms with Crippen LogP contribution in [0.5, 0.6) is 5.88 Å². The van der Waals surface area contributed by atoms with Crippen LogP contribution >= 0.6 is 0 Å². The van der Waals surface area contributed by atoms with E-state index in [0.29, 0.717) is 0 Å². The van der Waals surface area contributed by atoms with Gasteiger partial charge in [-0.25, -0.2) is 0 Å². The zero-order valence-electron chi connectivity index (χ0n) is 6.23. The number of nitrogens with one attached hydrogen (secondary N) is 1. The van der Waals surface area contributed by atoms with E-state index in [9.17, 15) is 14.9 Å². The highest BCUT2D eigenvalue weighted by molar-refractivity contribution is 5.69. The Balaban J connectivity index is 2.77. The molecule has 0 saturated heterocycles. The molecule has 1 N–H and O–H groups in total. The first kappa shape index (κ1) is 8.25. The summed E-state index contributed by atoms with van der Waals surface area (Å²) in [6.07, 6.45) is 1.15. The molecule has 0 bridgehead atoms. The molecule has 1 aromatic rings. The lowest BCUT2D eigenvalue weighted by Crippen LogP contribution is -2.00. The Labute approximate surface area is 67.3 Å². The fourth-order valence-electron chi connectivity index (χ4n) is 0.682. The molecule has 12 heavy (non-hydrogen) atoms. The average molecular weight is 170 g/mol. The largest absolute Gasteiger partial charge is 0.409 e. The van der Waals surface area contributed by atoms with Crippen LogP contribution in [-0.2, 0) is 4.79 Å². The minimum Gasteiger partial charge on any atom is -0.409 e. The minimum atomic E-state index is -0.580. The van der Waals surface area contributed by atoms with Crippen molar-refractivity contribution in [2.75, 3.05) is 0 Å². The van der Waals surface area contributed by atoms with E-state index >= 15 is 0 Å². The lowest BCUT2D eigenvalue weighted by molar-refractivity contribution is -0.384. The van der Waals surface area contributed by atoms with Gasteiger partial charge in [0.1, 0.15) is 0 Å². The van der Waals surface area contributed by atoms with Crippen molar-refractivity contribution in [3.8, 4) is 5.88 Å². The molecular weight excluding hydrogens is 164 g/mol. The Bertz CT molecular complexity index is 317. The van der Waals surface area contributed by atoms with E-state index < -0.39 is 10.9 Å². The average Bonchev–Trinajstić information content (AvgIpc) is 2.34. The number of hydrogen-bond donors (Lipinski definition) is 1. The summed E-state index contributed by atoms with van der Waals surface area (Å²) in [6.45, 7) is 1.21. The number of carbonyl (C=O) groups is 1. The lowest BCUT2D eigenvalue weighted by atomic mass is 10.5. The predicted molar refractivity (Wildman–Crippen MR) is 38.8 cm³/mol. The minimum absolute atomic E-state index is 0.0780. The van der Waals surface area contributed by atoms with Gasteiger partial charge in [-0.3, -0.25) is 14.9 Å². The molecule has 0 aliphatic heterocycles. The van der Waals surface area contributed by atoms with Crippen LogP contribution in [-0.4, -0.2) is 15.9 Å². The Kier molecular flexibility index (Phi) is 2.09. The van der Waals surface area contributed by atoms with Gasteiger partial charge in [0, 0.05) is 6.92 Å². The quantitative estimate of drug-likeness (QED) is 0.405. The number of carbonyl (C=O) groups excluding carboxylic acids is 1. The number of H-pyrrole nitrogens is 1. The molecule has 6 heteroatoms. The number of nitro groups is 1. The zero-order chi connectivity index (χ0) is 9.14. The van der Waals surface area contributed by atoms with Crippen LogP contribution in [0.25, 0.3) is 0 Å². The van der Waals surface area contributed by atoms with Crippen molar-refractivity contribution in [2.24, 2.45) is 0 Å². The van der Waals surface area contributed by atoms with Crippen LogP contribution in [0.1, 0.15) is 6.92 Å². The van der Waals surface area contributed by atoms with Crippen molar-refractivity contribution < 1.29 is 14.5 Å². The maximum absolute atomic E-state index is 10.4. The van der Waals surface area contributed by atoms with Gasteiger partial charge >= 0.3 is 5.97 Å². The maximum Gasteiger partial charge on any atom is 0.309 e. The monoisotopic (exact) mass is 170 g/mol. The second kappa shape index (κ2) is 3.04. The Hall–Kier alpha value is -1.85. The second-order valence-corrected chi connectivity index (χ2v) is 2.07. The molecule has 0 atom stereocenters. The summed E-state index contributed by atoms with van der Waals surface area (Å²) in [4.78, 5) is 22.4. The molecule has 1 rings (SSSR count). The predicted octanol–water partition coefficient (Wildman–Crippen LogP) is 0.848. The van der Waals surface area contributed by atoms with Gasteiger partial charge in [-0.05, 0) is 0 Å². The van der Waals surface area contributed by atoms with Crippen LogP contribution in [0.15, 0.2) is 12.3 Å². The van der Waals surface area contributed by atoms with Crippen LogP contribution < -0.4 is 4.74 Å². The molecule has 0 fully saturated rings. The second-order valence-electron chi connectivity index (χ2n) is 2.07. The summed E-state index contributed by atoms with van der Waals surface area (Å²) in [7, 11) is 0. The third kappa shape index (κ3) is 1.82. The highest BCUT2D eigenvalue weighted by atomic mass is 16.6. The first-order valence-electron chi connectivity index (χ1n) is 3.11. The van der Waals surface area contributed by atoms with E-state index in [4.69, 9.17) is 0 Å². The van der Waals surface area contributed by atoms with Gasteiger partial charge in [-0.1, -0.05) is 0 Å². The van der Waals surface area contributed by atoms with Crippen LogP contribution in [0.3, 0.4) is 0 Å². The number of hydrogen-bond acceptors (Lipinski definition) is 4. The maximum atomic E-state index is 10.4. The topological polar surface area (TPSA) is 85.2 Å². The molecule has 0 amide bonds. The number of aromatic amines is 1. The molecule has 0 saturated carbocycles. The van der Waals surface area contributed by atoms with Crippen LogP contribution in [0.4, 0.5) is 5.69 Å². The van der Waals surface area contributed by atoms with E-state index in [1.807, 2.05) is 0 Å². The molecule has 0 aliphatic carbocycles. The molecule has 0 radical (unpaired) electrons. The van der Waals surface area contributed by atoms with E-state index in [1.165, 1.54) is 6.92 Å². The van der Waals surface area contributed by atoms with Gasteiger partial charge in [-0.2, -0.15) is 0 Å². The Morgan fingerprint density at radius 3 is 2.83 bits per heavy atom. The molecule has 0 aliphatic rings. The third-order valence-corrected chi connectivity index (χ3v) is 1.11. The molecule has 1 heterocycles. The molecule has 1 aromatic heterocycles. The lowest BCUT2D eigenvalue weighted by Gasteiger charge is -1.92. The zero-order valence-corrected chi connectivity index (χ0v) is 6.23. The highest BCUT2D eigenvalue weighted by Gasteiger charge is 2.10. The number of rotatable bonds is 2. The van der Waals surface area contributed by atoms with E-state index in [2.05, 4.69) is 9.72 Å². The number of aromatic nitrogens is 1. The van der Waals surface area contributed by atoms with Gasteiger partial charge in [-0.15, -0.1) is 0 Å². The summed E-state index contributed by atoms with van der Waals surface area (Å²) >= 11 is 0. The molecule has 0 spiro atoms. The van der Waals surface area contributed by atoms with Crippen molar-refractivity contribution in [3.05, 3.63) is 22.4 Å². The summed E-state index contributed by atoms with van der Waals surface area (Å²) < 4.78 is 4.55. The van der Waals surface area contributed by atoms with Gasteiger partial charge in [0.05, 0.1) is 17.2 Å². The van der Waals surface area contributed by atoms with Crippen molar-refractivity contribution in [2.45, 2.75) is 6.92 Å². The van der Waals surface area contributed by atoms with E-state index in [-0.39, 0.29) is 11.6 Å². The van der Waals surface area contributed by atoms with Crippen molar-refractivity contribution in [1.29, 1.82) is 0 Å². The fraction of sp³-hybridized carbons (Fsp3) is 0.167. The van der Waals surface area contributed by atoms with Crippen LogP contribution in [0, 0.1) is 10.1 Å². The first-order valence-corrected chi connectivity index (χ1v) is 3.11. The summed E-state index contributed by atoms with van der Waals surface area (Å²) in [5, 5.41) is 10.1. The number of nitrogens with zero attached hydrogens (tertiary/aromatic N) is 1. The van der Waals surface area contributed by atoms with Crippen molar-refractivity contribution in [1.82, 2.24) is 4.98 Å². The fourth-order valence-corrected chi connectivity index (χ4v) is 0.682. The van der Waals surface area contributed by atoms with Gasteiger partial charge in [0.2, 0.25) is 5.88 Å². The summed E-state index contributed by atoms with van der Waals surface area (Å²) in [6, 6.07) is 1.14. The highest BCUT2D eigenvalue weighted by Crippen LogP contribution is 2.17. The molecule has 0 aromatic carbocycles. The Morgan fingerprint density at radius 1 is 1.75 bits per heavy atom. The smallest absolute Gasteiger partial charge is 0.309 e. The van der Waals surface area contributed by atoms with Gasteiger partial charge < -0.3 is 9.72 Å².